The van der Waals surface area contributed by atoms with Gasteiger partial charge >= 0.3 is 0 Å². The van der Waals surface area contributed by atoms with Crippen molar-refractivity contribution in [1.82, 2.24) is 14.6 Å². The molecule has 2 heterocycles. The van der Waals surface area contributed by atoms with Crippen molar-refractivity contribution in [1.29, 1.82) is 0 Å². The van der Waals surface area contributed by atoms with Crippen molar-refractivity contribution in [2.24, 2.45) is 0 Å². The molecular weight excluding hydrogens is 284 g/mol. The molecule has 1 aliphatic rings. The molecule has 0 bridgehead atoms. The Kier molecular flexibility index (Phi) is 3.42. The van der Waals surface area contributed by atoms with Gasteiger partial charge in [-0.05, 0) is 37.1 Å². The van der Waals surface area contributed by atoms with Crippen LogP contribution in [-0.4, -0.2) is 21.1 Å². The molecule has 3 aromatic rings. The van der Waals surface area contributed by atoms with Crippen LogP contribution < -0.4 is 5.32 Å². The SMILES string of the molecule is Cc1cccc(-c2cnc3ccc(NCC4=CC=CC4)nn23)c1. The molecule has 1 aromatic carbocycles. The van der Waals surface area contributed by atoms with Crippen LogP contribution in [0.4, 0.5) is 5.82 Å². The fourth-order valence-electron chi connectivity index (χ4n) is 2.80. The van der Waals surface area contributed by atoms with Crippen LogP contribution >= 0.6 is 0 Å². The summed E-state index contributed by atoms with van der Waals surface area (Å²) in [7, 11) is 0. The van der Waals surface area contributed by atoms with Crippen LogP contribution in [0.1, 0.15) is 12.0 Å². The number of hydrogen-bond donors (Lipinski definition) is 1. The fraction of sp³-hybridized carbons (Fsp3) is 0.158. The predicted molar refractivity (Wildman–Crippen MR) is 93.5 cm³/mol. The Morgan fingerprint density at radius 3 is 3.00 bits per heavy atom. The Hall–Kier alpha value is -2.88. The first kappa shape index (κ1) is 13.8. The second-order valence-corrected chi connectivity index (χ2v) is 5.81. The maximum absolute atomic E-state index is 4.70. The molecule has 4 heteroatoms. The zero-order valence-electron chi connectivity index (χ0n) is 13.0. The Morgan fingerprint density at radius 1 is 1.22 bits per heavy atom. The highest BCUT2D eigenvalue weighted by Crippen LogP contribution is 2.22. The maximum atomic E-state index is 4.70. The summed E-state index contributed by atoms with van der Waals surface area (Å²) in [5.41, 5.74) is 5.59. The van der Waals surface area contributed by atoms with Crippen molar-refractivity contribution in [3.8, 4) is 11.3 Å². The van der Waals surface area contributed by atoms with E-state index in [1.165, 1.54) is 11.1 Å². The van der Waals surface area contributed by atoms with Gasteiger partial charge in [0, 0.05) is 12.1 Å². The Bertz CT molecular complexity index is 918. The molecule has 0 amide bonds. The third kappa shape index (κ3) is 2.75. The third-order valence-electron chi connectivity index (χ3n) is 4.02. The highest BCUT2D eigenvalue weighted by atomic mass is 15.3. The van der Waals surface area contributed by atoms with Gasteiger partial charge in [-0.25, -0.2) is 9.50 Å². The van der Waals surface area contributed by atoms with Gasteiger partial charge < -0.3 is 5.32 Å². The highest BCUT2D eigenvalue weighted by molar-refractivity contribution is 5.64. The molecule has 4 nitrogen and oxygen atoms in total. The fourth-order valence-corrected chi connectivity index (χ4v) is 2.80. The first-order valence-electron chi connectivity index (χ1n) is 7.80. The average Bonchev–Trinajstić information content (AvgIpc) is 3.22. The van der Waals surface area contributed by atoms with Crippen LogP contribution in [0.25, 0.3) is 16.9 Å². The van der Waals surface area contributed by atoms with Gasteiger partial charge in [0.1, 0.15) is 5.82 Å². The molecule has 0 unspecified atom stereocenters. The van der Waals surface area contributed by atoms with E-state index < -0.39 is 0 Å². The number of nitrogens with zero attached hydrogens (tertiary/aromatic N) is 3. The van der Waals surface area contributed by atoms with Crippen LogP contribution in [0.15, 0.2) is 66.4 Å². The van der Waals surface area contributed by atoms with Gasteiger partial charge in [0.05, 0.1) is 11.9 Å². The lowest BCUT2D eigenvalue weighted by molar-refractivity contribution is 0.936. The standard InChI is InChI=1S/C19H18N4/c1-14-5-4-8-16(11-14)17-13-21-19-10-9-18(22-23(17)19)20-12-15-6-2-3-7-15/h2-6,8-11,13H,7,12H2,1H3,(H,20,22). The number of benzene rings is 1. The molecular formula is C19H18N4. The third-order valence-corrected chi connectivity index (χ3v) is 4.02. The maximum Gasteiger partial charge on any atom is 0.154 e. The van der Waals surface area contributed by atoms with E-state index >= 15 is 0 Å². The molecule has 1 N–H and O–H groups in total. The number of imidazole rings is 1. The zero-order chi connectivity index (χ0) is 15.6. The van der Waals surface area contributed by atoms with E-state index in [0.717, 1.165) is 35.7 Å². The summed E-state index contributed by atoms with van der Waals surface area (Å²) < 4.78 is 1.90. The predicted octanol–water partition coefficient (Wildman–Crippen LogP) is 4.00. The number of aryl methyl sites for hydroxylation is 1. The molecule has 0 saturated heterocycles. The molecule has 114 valence electrons. The number of hydrogen-bond acceptors (Lipinski definition) is 3. The van der Waals surface area contributed by atoms with Crippen LogP contribution in [0.3, 0.4) is 0 Å². The van der Waals surface area contributed by atoms with Gasteiger partial charge in [0.2, 0.25) is 0 Å². The van der Waals surface area contributed by atoms with Crippen molar-refractivity contribution in [2.45, 2.75) is 13.3 Å². The first-order valence-corrected chi connectivity index (χ1v) is 7.80. The molecule has 0 fully saturated rings. The van der Waals surface area contributed by atoms with Crippen molar-refractivity contribution in [3.63, 3.8) is 0 Å². The first-order chi connectivity index (χ1) is 11.3. The minimum atomic E-state index is 0.819. The molecule has 0 aliphatic heterocycles. The summed E-state index contributed by atoms with van der Waals surface area (Å²) in [6, 6.07) is 12.4. The summed E-state index contributed by atoms with van der Waals surface area (Å²) in [6.07, 6.45) is 9.32. The quantitative estimate of drug-likeness (QED) is 0.792. The average molecular weight is 302 g/mol. The van der Waals surface area contributed by atoms with E-state index in [1.807, 2.05) is 22.8 Å². The lowest BCUT2D eigenvalue weighted by atomic mass is 10.1. The van der Waals surface area contributed by atoms with E-state index in [0.29, 0.717) is 0 Å². The Balaban J connectivity index is 1.66. The van der Waals surface area contributed by atoms with Crippen LogP contribution in [0, 0.1) is 6.92 Å². The minimum Gasteiger partial charge on any atom is -0.365 e. The van der Waals surface area contributed by atoms with Crippen LogP contribution in [0.2, 0.25) is 0 Å². The Morgan fingerprint density at radius 2 is 2.17 bits per heavy atom. The van der Waals surface area contributed by atoms with E-state index in [4.69, 9.17) is 5.10 Å². The van der Waals surface area contributed by atoms with Crippen LogP contribution in [0.5, 0.6) is 0 Å². The number of aromatic nitrogens is 3. The van der Waals surface area contributed by atoms with Crippen LogP contribution in [-0.2, 0) is 0 Å². The van der Waals surface area contributed by atoms with E-state index in [2.05, 4.69) is 59.7 Å². The molecule has 1 aliphatic carbocycles. The summed E-state index contributed by atoms with van der Waals surface area (Å²) in [6.45, 7) is 2.91. The Labute approximate surface area is 135 Å². The van der Waals surface area contributed by atoms with Crippen molar-refractivity contribution >= 4 is 11.5 Å². The lowest BCUT2D eigenvalue weighted by Crippen LogP contribution is -2.07. The van der Waals surface area contributed by atoms with E-state index in [-0.39, 0.29) is 0 Å². The largest absolute Gasteiger partial charge is 0.365 e. The van der Waals surface area contributed by atoms with Gasteiger partial charge in [-0.1, -0.05) is 42.0 Å². The summed E-state index contributed by atoms with van der Waals surface area (Å²) in [5, 5.41) is 8.09. The van der Waals surface area contributed by atoms with Gasteiger partial charge in [-0.2, -0.15) is 0 Å². The van der Waals surface area contributed by atoms with Crippen molar-refractivity contribution in [2.75, 3.05) is 11.9 Å². The number of anilines is 1. The smallest absolute Gasteiger partial charge is 0.154 e. The second kappa shape index (κ2) is 5.72. The molecule has 0 saturated carbocycles. The molecule has 0 radical (unpaired) electrons. The summed E-state index contributed by atoms with van der Waals surface area (Å²) in [4.78, 5) is 4.45. The van der Waals surface area contributed by atoms with Gasteiger partial charge in [-0.3, -0.25) is 0 Å². The van der Waals surface area contributed by atoms with Crippen molar-refractivity contribution < 1.29 is 0 Å². The number of nitrogens with one attached hydrogen (secondary N) is 1. The second-order valence-electron chi connectivity index (χ2n) is 5.81. The lowest BCUT2D eigenvalue weighted by Gasteiger charge is -2.08. The van der Waals surface area contributed by atoms with E-state index in [9.17, 15) is 0 Å². The van der Waals surface area contributed by atoms with Gasteiger partial charge in [0.25, 0.3) is 0 Å². The topological polar surface area (TPSA) is 42.2 Å². The van der Waals surface area contributed by atoms with Gasteiger partial charge in [-0.15, -0.1) is 5.10 Å². The van der Waals surface area contributed by atoms with Gasteiger partial charge in [0.15, 0.2) is 5.65 Å². The van der Waals surface area contributed by atoms with Crippen molar-refractivity contribution in [3.05, 3.63) is 72.0 Å². The summed E-state index contributed by atoms with van der Waals surface area (Å²) in [5.74, 6) is 0.859. The monoisotopic (exact) mass is 302 g/mol. The molecule has 0 atom stereocenters. The molecule has 23 heavy (non-hydrogen) atoms. The number of allylic oxidation sites excluding steroid dienone is 3. The normalized spacial score (nSPS) is 13.5. The zero-order valence-corrected chi connectivity index (χ0v) is 13.0. The van der Waals surface area contributed by atoms with E-state index in [1.54, 1.807) is 0 Å². The molecule has 4 rings (SSSR count). The number of rotatable bonds is 4. The minimum absolute atomic E-state index is 0.819. The molecule has 0 spiro atoms. The summed E-state index contributed by atoms with van der Waals surface area (Å²) >= 11 is 0. The number of fused-ring (bicyclic) bond motifs is 1. The molecule has 2 aromatic heterocycles. The highest BCUT2D eigenvalue weighted by Gasteiger charge is 2.08.